The van der Waals surface area contributed by atoms with Crippen LogP contribution in [0.3, 0.4) is 0 Å². The molecule has 0 spiro atoms. The van der Waals surface area contributed by atoms with Crippen molar-refractivity contribution in [2.24, 2.45) is 5.92 Å². The van der Waals surface area contributed by atoms with Gasteiger partial charge in [0.2, 0.25) is 10.0 Å². The van der Waals surface area contributed by atoms with Gasteiger partial charge in [-0.05, 0) is 91.3 Å². The molecule has 0 bridgehead atoms. The third kappa shape index (κ3) is 8.76. The van der Waals surface area contributed by atoms with E-state index in [1.165, 1.54) is 4.90 Å². The van der Waals surface area contributed by atoms with Crippen LogP contribution >= 0.6 is 11.6 Å². The number of carbonyl (C=O) groups excluding carboxylic acids is 1. The fourth-order valence-corrected chi connectivity index (χ4v) is 8.02. The molecule has 12 heteroatoms. The van der Waals surface area contributed by atoms with Crippen LogP contribution in [0, 0.1) is 12.8 Å². The van der Waals surface area contributed by atoms with Gasteiger partial charge in [-0.3, -0.25) is 0 Å². The zero-order valence-electron chi connectivity index (χ0n) is 25.4. The van der Waals surface area contributed by atoms with E-state index in [9.17, 15) is 17.8 Å². The number of amides is 1. The summed E-state index contributed by atoms with van der Waals surface area (Å²) >= 11 is 5.16. The van der Waals surface area contributed by atoms with Gasteiger partial charge in [-0.1, -0.05) is 24.3 Å². The summed E-state index contributed by atoms with van der Waals surface area (Å²) in [5.41, 5.74) is 1.02. The number of aryl methyl sites for hydroxylation is 1. The van der Waals surface area contributed by atoms with Gasteiger partial charge in [-0.25, -0.2) is 17.5 Å². The maximum absolute atomic E-state index is 13.6. The monoisotopic (exact) mass is 631 g/mol. The Kier molecular flexibility index (Phi) is 11.1. The van der Waals surface area contributed by atoms with Gasteiger partial charge in [0.15, 0.2) is 0 Å². The summed E-state index contributed by atoms with van der Waals surface area (Å²) < 4.78 is 56.3. The molecule has 2 fully saturated rings. The molecule has 0 aliphatic carbocycles. The van der Waals surface area contributed by atoms with Crippen molar-refractivity contribution in [2.75, 3.05) is 32.8 Å². The Morgan fingerprint density at radius 1 is 1.20 bits per heavy atom. The first-order valence-corrected chi connectivity index (χ1v) is 17.2. The SMILES string of the molecule is C=CCOc1cc(C)c(Cl)cc1C(N[S@@+]([O-])C(C)(C)C)C1CCN(S(=O)(=O)C2CCN(C(=O)OC(C)(C)C)C2)CC1. The topological polar surface area (TPSA) is 111 Å². The predicted molar refractivity (Wildman–Crippen MR) is 165 cm³/mol. The quantitative estimate of drug-likeness (QED) is 0.289. The lowest BCUT2D eigenvalue weighted by Crippen LogP contribution is -2.48. The molecule has 232 valence electrons. The van der Waals surface area contributed by atoms with E-state index < -0.39 is 43.1 Å². The highest BCUT2D eigenvalue weighted by atomic mass is 35.5. The number of hydrogen-bond acceptors (Lipinski definition) is 7. The number of nitrogens with one attached hydrogen (secondary N) is 1. The number of halogens is 1. The van der Waals surface area contributed by atoms with Crippen molar-refractivity contribution < 1.29 is 27.2 Å². The van der Waals surface area contributed by atoms with Gasteiger partial charge in [0.05, 0.1) is 11.3 Å². The second kappa shape index (κ2) is 13.4. The Morgan fingerprint density at radius 3 is 2.39 bits per heavy atom. The minimum atomic E-state index is -3.62. The number of sulfonamides is 1. The molecule has 0 saturated carbocycles. The van der Waals surface area contributed by atoms with Crippen LogP contribution in [0.5, 0.6) is 5.75 Å². The third-order valence-electron chi connectivity index (χ3n) is 7.32. The normalized spacial score (nSPS) is 21.0. The van der Waals surface area contributed by atoms with E-state index in [1.54, 1.807) is 31.2 Å². The average Bonchev–Trinajstić information content (AvgIpc) is 3.38. The first-order valence-electron chi connectivity index (χ1n) is 14.1. The standard InChI is InChI=1S/C29H46ClN3O6S2/c1-9-16-38-25-17-20(2)24(30)18-23(25)26(31-40(35)29(6,7)8)21-10-14-33(15-11-21)41(36,37)22-12-13-32(19-22)27(34)39-28(3,4)5/h9,17-18,21-22,26,31H,1,10-16,19H2,2-8H3/t22?,26?,40-/m0/s1. The summed E-state index contributed by atoms with van der Waals surface area (Å²) in [6, 6.07) is 3.37. The number of likely N-dealkylation sites (tertiary alicyclic amines) is 1. The molecule has 1 aromatic rings. The lowest BCUT2D eigenvalue weighted by atomic mass is 9.86. The molecule has 1 amide bonds. The number of piperidine rings is 1. The molecule has 0 radical (unpaired) electrons. The molecule has 2 unspecified atom stereocenters. The zero-order chi connectivity index (χ0) is 30.8. The summed E-state index contributed by atoms with van der Waals surface area (Å²) in [6.07, 6.45) is 2.68. The molecule has 2 aliphatic rings. The van der Waals surface area contributed by atoms with E-state index in [1.807, 2.05) is 39.8 Å². The molecule has 9 nitrogen and oxygen atoms in total. The Morgan fingerprint density at radius 2 is 1.83 bits per heavy atom. The lowest BCUT2D eigenvalue weighted by Gasteiger charge is -2.38. The van der Waals surface area contributed by atoms with Crippen molar-refractivity contribution in [3.63, 3.8) is 0 Å². The molecule has 2 aliphatic heterocycles. The minimum Gasteiger partial charge on any atom is -0.598 e. The van der Waals surface area contributed by atoms with Gasteiger partial charge < -0.3 is 18.9 Å². The fraction of sp³-hybridized carbons (Fsp3) is 0.690. The predicted octanol–water partition coefficient (Wildman–Crippen LogP) is 5.36. The number of benzene rings is 1. The number of hydrogen-bond donors (Lipinski definition) is 1. The molecule has 1 N–H and O–H groups in total. The minimum absolute atomic E-state index is 0.0144. The summed E-state index contributed by atoms with van der Waals surface area (Å²) in [7, 11) is -3.62. The largest absolute Gasteiger partial charge is 0.598 e. The highest BCUT2D eigenvalue weighted by Gasteiger charge is 2.43. The first kappa shape index (κ1) is 34.0. The second-order valence-corrected chi connectivity index (χ2v) is 17.5. The van der Waals surface area contributed by atoms with Gasteiger partial charge >= 0.3 is 6.09 Å². The number of ether oxygens (including phenoxy) is 2. The van der Waals surface area contributed by atoms with E-state index in [0.29, 0.717) is 56.3 Å². The maximum atomic E-state index is 13.6. The van der Waals surface area contributed by atoms with Gasteiger partial charge in [-0.15, -0.1) is 4.72 Å². The van der Waals surface area contributed by atoms with Gasteiger partial charge in [0.1, 0.15) is 22.7 Å². The van der Waals surface area contributed by atoms with Gasteiger partial charge in [0.25, 0.3) is 0 Å². The van der Waals surface area contributed by atoms with Crippen molar-refractivity contribution >= 4 is 39.1 Å². The van der Waals surface area contributed by atoms with Crippen molar-refractivity contribution in [1.82, 2.24) is 13.9 Å². The van der Waals surface area contributed by atoms with E-state index in [0.717, 1.165) is 11.1 Å². The van der Waals surface area contributed by atoms with Crippen molar-refractivity contribution in [3.05, 3.63) is 40.9 Å². The Labute approximate surface area is 254 Å². The molecule has 41 heavy (non-hydrogen) atoms. The highest BCUT2D eigenvalue weighted by molar-refractivity contribution is 7.90. The van der Waals surface area contributed by atoms with Crippen LogP contribution in [0.15, 0.2) is 24.8 Å². The van der Waals surface area contributed by atoms with E-state index in [4.69, 9.17) is 21.1 Å². The smallest absolute Gasteiger partial charge is 0.410 e. The number of nitrogens with zero attached hydrogens (tertiary/aromatic N) is 2. The van der Waals surface area contributed by atoms with Crippen LogP contribution in [0.1, 0.15) is 78.0 Å². The number of rotatable bonds is 9. The zero-order valence-corrected chi connectivity index (χ0v) is 27.8. The second-order valence-electron chi connectivity index (χ2n) is 12.8. The summed E-state index contributed by atoms with van der Waals surface area (Å²) in [5, 5.41) is -0.0845. The molecule has 3 atom stereocenters. The summed E-state index contributed by atoms with van der Waals surface area (Å²) in [4.78, 5) is 14.0. The molecular formula is C29H46ClN3O6S2. The highest BCUT2D eigenvalue weighted by Crippen LogP contribution is 2.40. The molecular weight excluding hydrogens is 586 g/mol. The van der Waals surface area contributed by atoms with Crippen LogP contribution in [0.4, 0.5) is 4.79 Å². The number of carbonyl (C=O) groups is 1. The van der Waals surface area contributed by atoms with Crippen molar-refractivity contribution in [1.29, 1.82) is 0 Å². The van der Waals surface area contributed by atoms with E-state index >= 15 is 0 Å². The van der Waals surface area contributed by atoms with Crippen LogP contribution in [0.25, 0.3) is 0 Å². The molecule has 0 aromatic heterocycles. The molecule has 2 heterocycles. The van der Waals surface area contributed by atoms with Crippen molar-refractivity contribution in [2.45, 2.75) is 89.4 Å². The Hall–Kier alpha value is -1.50. The maximum Gasteiger partial charge on any atom is 0.410 e. The third-order valence-corrected chi connectivity index (χ3v) is 11.6. The van der Waals surface area contributed by atoms with E-state index in [2.05, 4.69) is 11.3 Å². The molecule has 3 rings (SSSR count). The van der Waals surface area contributed by atoms with Crippen LogP contribution in [-0.2, 0) is 26.1 Å². The van der Waals surface area contributed by atoms with Crippen LogP contribution in [-0.4, -0.2) is 76.7 Å². The average molecular weight is 632 g/mol. The summed E-state index contributed by atoms with van der Waals surface area (Å²) in [5.74, 6) is 0.623. The first-order chi connectivity index (χ1) is 18.9. The Balaban J connectivity index is 1.79. The summed E-state index contributed by atoms with van der Waals surface area (Å²) in [6.45, 7) is 18.2. The Bertz CT molecular complexity index is 1190. The van der Waals surface area contributed by atoms with Gasteiger partial charge in [0, 0.05) is 48.1 Å². The van der Waals surface area contributed by atoms with Gasteiger partial charge in [-0.2, -0.15) is 0 Å². The van der Waals surface area contributed by atoms with Crippen LogP contribution < -0.4 is 9.46 Å². The lowest BCUT2D eigenvalue weighted by molar-refractivity contribution is 0.0295. The molecule has 2 saturated heterocycles. The van der Waals surface area contributed by atoms with Crippen molar-refractivity contribution in [3.8, 4) is 5.75 Å². The van der Waals surface area contributed by atoms with Crippen LogP contribution in [0.2, 0.25) is 5.02 Å². The fourth-order valence-electron chi connectivity index (χ4n) is 5.03. The van der Waals surface area contributed by atoms with E-state index in [-0.39, 0.29) is 18.5 Å². The molecule has 1 aromatic carbocycles.